The monoisotopic (exact) mass is 548 g/mol. The van der Waals surface area contributed by atoms with Crippen LogP contribution in [-0.4, -0.2) is 52.8 Å². The standard InChI is InChI=1S/C29H32F4N2O4/c1-39-20-4-5-25-21(15-20)26(19(17-36)16-34-25)22(30)6-7-29(28(37)38)8-11-35(12-9-29)10-2-3-18-13-23(31)27(33)24(32)14-18/h4-5,13-16,22,36H,2-3,6-12,17H2,1H3,(H,37,38)/t22-/m0/s1. The first kappa shape index (κ1) is 28.8. The van der Waals surface area contributed by atoms with Crippen LogP contribution in [0.25, 0.3) is 10.9 Å². The number of hydrogen-bond donors (Lipinski definition) is 2. The van der Waals surface area contributed by atoms with Crippen LogP contribution >= 0.6 is 0 Å². The van der Waals surface area contributed by atoms with Gasteiger partial charge in [0.2, 0.25) is 0 Å². The largest absolute Gasteiger partial charge is 0.497 e. The summed E-state index contributed by atoms with van der Waals surface area (Å²) in [5, 5.41) is 20.4. The van der Waals surface area contributed by atoms with Crippen molar-refractivity contribution in [2.24, 2.45) is 5.41 Å². The summed E-state index contributed by atoms with van der Waals surface area (Å²) in [5.41, 5.74) is 0.486. The van der Waals surface area contributed by atoms with Gasteiger partial charge in [0.25, 0.3) is 0 Å². The molecule has 2 N–H and O–H groups in total. The molecule has 210 valence electrons. The van der Waals surface area contributed by atoms with Gasteiger partial charge in [-0.15, -0.1) is 0 Å². The number of rotatable bonds is 11. The number of pyridine rings is 1. The first-order chi connectivity index (χ1) is 18.7. The van der Waals surface area contributed by atoms with Crippen molar-refractivity contribution in [2.75, 3.05) is 26.7 Å². The number of likely N-dealkylation sites (tertiary alicyclic amines) is 1. The van der Waals surface area contributed by atoms with Crippen molar-refractivity contribution >= 4 is 16.9 Å². The number of fused-ring (bicyclic) bond motifs is 1. The number of aromatic nitrogens is 1. The molecule has 3 aromatic rings. The van der Waals surface area contributed by atoms with E-state index in [1.165, 1.54) is 13.3 Å². The van der Waals surface area contributed by atoms with E-state index in [9.17, 15) is 28.2 Å². The highest BCUT2D eigenvalue weighted by Gasteiger charge is 2.41. The van der Waals surface area contributed by atoms with Crippen LogP contribution in [0, 0.1) is 22.9 Å². The molecule has 2 heterocycles. The van der Waals surface area contributed by atoms with Crippen molar-refractivity contribution < 1.29 is 37.3 Å². The average Bonchev–Trinajstić information content (AvgIpc) is 2.94. The number of aliphatic carboxylic acids is 1. The van der Waals surface area contributed by atoms with E-state index in [1.54, 1.807) is 18.2 Å². The van der Waals surface area contributed by atoms with Crippen LogP contribution < -0.4 is 4.74 Å². The number of aryl methyl sites for hydroxylation is 1. The van der Waals surface area contributed by atoms with Gasteiger partial charge in [0.1, 0.15) is 11.9 Å². The van der Waals surface area contributed by atoms with Crippen LogP contribution in [-0.2, 0) is 17.8 Å². The van der Waals surface area contributed by atoms with Crippen molar-refractivity contribution in [1.29, 1.82) is 0 Å². The number of nitrogens with zero attached hydrogens (tertiary/aromatic N) is 2. The molecule has 0 saturated carbocycles. The SMILES string of the molecule is COc1ccc2ncc(CO)c([C@@H](F)CCC3(C(=O)O)CCN(CCCc4cc(F)c(F)c(F)c4)CC3)c2c1. The smallest absolute Gasteiger partial charge is 0.309 e. The second-order valence-corrected chi connectivity index (χ2v) is 10.1. The third kappa shape index (κ3) is 6.33. The normalized spacial score (nSPS) is 16.4. The van der Waals surface area contributed by atoms with Crippen molar-refractivity contribution in [3.8, 4) is 5.75 Å². The Kier molecular flexibility index (Phi) is 9.07. The Morgan fingerprint density at radius 3 is 2.46 bits per heavy atom. The van der Waals surface area contributed by atoms with E-state index in [1.807, 2.05) is 0 Å². The summed E-state index contributed by atoms with van der Waals surface area (Å²) in [4.78, 5) is 18.7. The molecule has 1 atom stereocenters. The lowest BCUT2D eigenvalue weighted by molar-refractivity contribution is -0.153. The van der Waals surface area contributed by atoms with Crippen LogP contribution in [0.2, 0.25) is 0 Å². The Balaban J connectivity index is 1.38. The number of carbonyl (C=O) groups is 1. The molecule has 1 aromatic heterocycles. The molecule has 0 amide bonds. The van der Waals surface area contributed by atoms with E-state index in [2.05, 4.69) is 9.88 Å². The first-order valence-corrected chi connectivity index (χ1v) is 13.0. The second kappa shape index (κ2) is 12.3. The second-order valence-electron chi connectivity index (χ2n) is 10.1. The molecule has 0 bridgehead atoms. The minimum absolute atomic E-state index is 0.0304. The van der Waals surface area contributed by atoms with Gasteiger partial charge >= 0.3 is 5.97 Å². The van der Waals surface area contributed by atoms with E-state index in [0.717, 1.165) is 12.1 Å². The van der Waals surface area contributed by atoms with Gasteiger partial charge in [-0.3, -0.25) is 9.78 Å². The van der Waals surface area contributed by atoms with Crippen LogP contribution in [0.1, 0.15) is 55.0 Å². The molecule has 0 aliphatic carbocycles. The number of alkyl halides is 1. The van der Waals surface area contributed by atoms with Gasteiger partial charge in [0.15, 0.2) is 17.5 Å². The summed E-state index contributed by atoms with van der Waals surface area (Å²) < 4.78 is 61.1. The number of piperidine rings is 1. The molecule has 4 rings (SSSR count). The summed E-state index contributed by atoms with van der Waals surface area (Å²) in [6.07, 6.45) is 1.64. The molecule has 10 heteroatoms. The number of ether oxygens (including phenoxy) is 1. The number of carboxylic acids is 1. The van der Waals surface area contributed by atoms with Crippen molar-refractivity contribution in [2.45, 2.75) is 51.3 Å². The fourth-order valence-electron chi connectivity index (χ4n) is 5.44. The van der Waals surface area contributed by atoms with Gasteiger partial charge in [-0.1, -0.05) is 0 Å². The molecule has 39 heavy (non-hydrogen) atoms. The van der Waals surface area contributed by atoms with Gasteiger partial charge in [-0.2, -0.15) is 0 Å². The highest BCUT2D eigenvalue weighted by Crippen LogP contribution is 2.41. The third-order valence-electron chi connectivity index (χ3n) is 7.81. The van der Waals surface area contributed by atoms with E-state index >= 15 is 4.39 Å². The Labute approximate surface area is 224 Å². The van der Waals surface area contributed by atoms with Crippen LogP contribution in [0.3, 0.4) is 0 Å². The Hall–Kier alpha value is -3.24. The molecule has 2 aromatic carbocycles. The minimum Gasteiger partial charge on any atom is -0.497 e. The maximum absolute atomic E-state index is 15.8. The minimum atomic E-state index is -1.50. The Bertz CT molecular complexity index is 1300. The number of halogens is 4. The quantitative estimate of drug-likeness (QED) is 0.235. The van der Waals surface area contributed by atoms with E-state index in [0.29, 0.717) is 78.7 Å². The maximum atomic E-state index is 15.8. The van der Waals surface area contributed by atoms with Crippen LogP contribution in [0.15, 0.2) is 36.5 Å². The maximum Gasteiger partial charge on any atom is 0.309 e. The molecule has 1 aliphatic rings. The highest BCUT2D eigenvalue weighted by atomic mass is 19.2. The number of benzene rings is 2. The molecule has 0 radical (unpaired) electrons. The lowest BCUT2D eigenvalue weighted by Crippen LogP contribution is -2.44. The lowest BCUT2D eigenvalue weighted by atomic mass is 9.74. The first-order valence-electron chi connectivity index (χ1n) is 13.0. The molecule has 6 nitrogen and oxygen atoms in total. The number of hydrogen-bond acceptors (Lipinski definition) is 5. The van der Waals surface area contributed by atoms with Gasteiger partial charge in [0, 0.05) is 22.7 Å². The topological polar surface area (TPSA) is 82.9 Å². The summed E-state index contributed by atoms with van der Waals surface area (Å²) in [6, 6.07) is 7.07. The van der Waals surface area contributed by atoms with E-state index in [-0.39, 0.29) is 12.8 Å². The fraction of sp³-hybridized carbons (Fsp3) is 0.448. The number of carboxylic acid groups (broad SMARTS) is 1. The summed E-state index contributed by atoms with van der Waals surface area (Å²) in [6.45, 7) is 1.18. The number of aliphatic hydroxyl groups is 1. The fourth-order valence-corrected chi connectivity index (χ4v) is 5.44. The zero-order chi connectivity index (χ0) is 28.2. The van der Waals surface area contributed by atoms with Gasteiger partial charge in [-0.25, -0.2) is 17.6 Å². The lowest BCUT2D eigenvalue weighted by Gasteiger charge is -2.39. The van der Waals surface area contributed by atoms with Gasteiger partial charge in [0.05, 0.1) is 24.6 Å². The zero-order valence-corrected chi connectivity index (χ0v) is 21.7. The highest BCUT2D eigenvalue weighted by molar-refractivity contribution is 5.85. The van der Waals surface area contributed by atoms with Crippen LogP contribution in [0.4, 0.5) is 17.6 Å². The Morgan fingerprint density at radius 1 is 1.15 bits per heavy atom. The summed E-state index contributed by atoms with van der Waals surface area (Å²) in [7, 11) is 1.50. The molecule has 0 spiro atoms. The molecule has 1 fully saturated rings. The molecular weight excluding hydrogens is 516 g/mol. The zero-order valence-electron chi connectivity index (χ0n) is 21.7. The number of aliphatic hydroxyl groups excluding tert-OH is 1. The molecule has 1 saturated heterocycles. The molecule has 1 aliphatic heterocycles. The van der Waals surface area contributed by atoms with Gasteiger partial charge < -0.3 is 19.8 Å². The summed E-state index contributed by atoms with van der Waals surface area (Å²) >= 11 is 0. The Morgan fingerprint density at radius 2 is 1.85 bits per heavy atom. The van der Waals surface area contributed by atoms with E-state index < -0.39 is 41.6 Å². The predicted octanol–water partition coefficient (Wildman–Crippen LogP) is 5.74. The van der Waals surface area contributed by atoms with Crippen LogP contribution in [0.5, 0.6) is 5.75 Å². The summed E-state index contributed by atoms with van der Waals surface area (Å²) in [5.74, 6) is -4.36. The van der Waals surface area contributed by atoms with Crippen molar-refractivity contribution in [1.82, 2.24) is 9.88 Å². The van der Waals surface area contributed by atoms with Crippen molar-refractivity contribution in [3.05, 3.63) is 70.7 Å². The van der Waals surface area contributed by atoms with Gasteiger partial charge in [-0.05, 0) is 94.1 Å². The molecular formula is C29H32F4N2O4. The third-order valence-corrected chi connectivity index (χ3v) is 7.81. The number of methoxy groups -OCH3 is 1. The predicted molar refractivity (Wildman–Crippen MR) is 138 cm³/mol. The molecule has 0 unspecified atom stereocenters. The average molecular weight is 549 g/mol. The van der Waals surface area contributed by atoms with Crippen molar-refractivity contribution in [3.63, 3.8) is 0 Å². The van der Waals surface area contributed by atoms with E-state index in [4.69, 9.17) is 4.74 Å².